The number of amides is 1. The van der Waals surface area contributed by atoms with Gasteiger partial charge in [0, 0.05) is 18.5 Å². The summed E-state index contributed by atoms with van der Waals surface area (Å²) in [6, 6.07) is 7.41. The van der Waals surface area contributed by atoms with E-state index in [1.807, 2.05) is 38.1 Å². The second-order valence-electron chi connectivity index (χ2n) is 6.97. The minimum Gasteiger partial charge on any atom is -0.492 e. The molecule has 5 heteroatoms. The van der Waals surface area contributed by atoms with E-state index in [0.29, 0.717) is 13.2 Å². The fraction of sp³-hybridized carbons (Fsp3) is 0.632. The standard InChI is InChI=1S/C19H28N2O3/c1-3-24-17-8-5-4-7-16(17)20-18(22)15(2)21-11-12-23-14-19(13-21)9-6-10-19/h4-5,7-8,15H,3,6,9-14H2,1-2H3,(H,20,22). The summed E-state index contributed by atoms with van der Waals surface area (Å²) in [7, 11) is 0. The molecule has 1 aliphatic heterocycles. The average Bonchev–Trinajstić information content (AvgIpc) is 2.79. The molecule has 0 aromatic heterocycles. The molecule has 1 saturated carbocycles. The maximum Gasteiger partial charge on any atom is 0.241 e. The molecule has 1 saturated heterocycles. The van der Waals surface area contributed by atoms with E-state index in [2.05, 4.69) is 10.2 Å². The molecule has 1 unspecified atom stereocenters. The molecule has 3 rings (SSSR count). The van der Waals surface area contributed by atoms with E-state index < -0.39 is 0 Å². The van der Waals surface area contributed by atoms with Gasteiger partial charge in [-0.25, -0.2) is 0 Å². The second-order valence-corrected chi connectivity index (χ2v) is 6.97. The van der Waals surface area contributed by atoms with Crippen LogP contribution in [0.25, 0.3) is 0 Å². The molecule has 0 radical (unpaired) electrons. The van der Waals surface area contributed by atoms with E-state index in [0.717, 1.165) is 31.1 Å². The van der Waals surface area contributed by atoms with Crippen molar-refractivity contribution in [2.75, 3.05) is 38.2 Å². The number of para-hydroxylation sites is 2. The van der Waals surface area contributed by atoms with Crippen LogP contribution in [0.3, 0.4) is 0 Å². The van der Waals surface area contributed by atoms with Crippen molar-refractivity contribution in [3.8, 4) is 5.75 Å². The highest BCUT2D eigenvalue weighted by molar-refractivity contribution is 5.95. The van der Waals surface area contributed by atoms with Gasteiger partial charge < -0.3 is 14.8 Å². The number of rotatable bonds is 5. The van der Waals surface area contributed by atoms with Crippen LogP contribution in [-0.4, -0.2) is 49.8 Å². The maximum absolute atomic E-state index is 12.7. The van der Waals surface area contributed by atoms with E-state index in [1.54, 1.807) is 0 Å². The first kappa shape index (κ1) is 17.2. The van der Waals surface area contributed by atoms with E-state index in [4.69, 9.17) is 9.47 Å². The first-order valence-corrected chi connectivity index (χ1v) is 8.98. The SMILES string of the molecule is CCOc1ccccc1NC(=O)C(C)N1CCOCC2(CCC2)C1. The van der Waals surface area contributed by atoms with Crippen LogP contribution >= 0.6 is 0 Å². The normalized spacial score (nSPS) is 21.6. The molecule has 1 aromatic rings. The summed E-state index contributed by atoms with van der Waals surface area (Å²) in [6.07, 6.45) is 3.70. The fourth-order valence-corrected chi connectivity index (χ4v) is 3.59. The van der Waals surface area contributed by atoms with E-state index in [9.17, 15) is 4.79 Å². The van der Waals surface area contributed by atoms with Crippen LogP contribution in [0.5, 0.6) is 5.75 Å². The summed E-state index contributed by atoms with van der Waals surface area (Å²) in [5.41, 5.74) is 1.01. The molecule has 2 fully saturated rings. The monoisotopic (exact) mass is 332 g/mol. The number of nitrogens with zero attached hydrogens (tertiary/aromatic N) is 1. The number of ether oxygens (including phenoxy) is 2. The Morgan fingerprint density at radius 3 is 2.92 bits per heavy atom. The predicted octanol–water partition coefficient (Wildman–Crippen LogP) is 2.91. The molecule has 1 N–H and O–H groups in total. The van der Waals surface area contributed by atoms with Gasteiger partial charge >= 0.3 is 0 Å². The maximum atomic E-state index is 12.7. The summed E-state index contributed by atoms with van der Waals surface area (Å²) in [5.74, 6) is 0.730. The van der Waals surface area contributed by atoms with Crippen molar-refractivity contribution < 1.29 is 14.3 Å². The van der Waals surface area contributed by atoms with Crippen molar-refractivity contribution in [2.24, 2.45) is 5.41 Å². The molecule has 1 atom stereocenters. The zero-order chi connectivity index (χ0) is 17.0. The van der Waals surface area contributed by atoms with Crippen molar-refractivity contribution in [3.05, 3.63) is 24.3 Å². The molecule has 132 valence electrons. The highest BCUT2D eigenvalue weighted by Crippen LogP contribution is 2.43. The molecule has 2 aliphatic rings. The van der Waals surface area contributed by atoms with Gasteiger partial charge in [-0.1, -0.05) is 18.6 Å². The summed E-state index contributed by atoms with van der Waals surface area (Å²) in [6.45, 7) is 7.80. The summed E-state index contributed by atoms with van der Waals surface area (Å²) >= 11 is 0. The first-order chi connectivity index (χ1) is 11.6. The second kappa shape index (κ2) is 7.53. The Labute approximate surface area is 144 Å². The third-order valence-electron chi connectivity index (χ3n) is 5.26. The van der Waals surface area contributed by atoms with Crippen LogP contribution in [0.1, 0.15) is 33.1 Å². The lowest BCUT2D eigenvalue weighted by atomic mass is 9.69. The Bertz CT molecular complexity index is 571. The van der Waals surface area contributed by atoms with Crippen LogP contribution in [0.15, 0.2) is 24.3 Å². The lowest BCUT2D eigenvalue weighted by molar-refractivity contribution is -0.121. The lowest BCUT2D eigenvalue weighted by Gasteiger charge is -2.43. The number of anilines is 1. The number of nitrogens with one attached hydrogen (secondary N) is 1. The minimum atomic E-state index is -0.182. The van der Waals surface area contributed by atoms with E-state index in [-0.39, 0.29) is 17.4 Å². The average molecular weight is 332 g/mol. The Hall–Kier alpha value is -1.59. The van der Waals surface area contributed by atoms with Crippen molar-refractivity contribution in [3.63, 3.8) is 0 Å². The number of benzene rings is 1. The number of carbonyl (C=O) groups is 1. The zero-order valence-corrected chi connectivity index (χ0v) is 14.7. The van der Waals surface area contributed by atoms with Gasteiger partial charge in [-0.15, -0.1) is 0 Å². The number of hydrogen-bond acceptors (Lipinski definition) is 4. The summed E-state index contributed by atoms with van der Waals surface area (Å²) < 4.78 is 11.4. The molecule has 1 spiro atoms. The van der Waals surface area contributed by atoms with Gasteiger partial charge in [-0.2, -0.15) is 0 Å². The Morgan fingerprint density at radius 2 is 2.21 bits per heavy atom. The first-order valence-electron chi connectivity index (χ1n) is 8.98. The van der Waals surface area contributed by atoms with Crippen molar-refractivity contribution in [2.45, 2.75) is 39.2 Å². The van der Waals surface area contributed by atoms with Crippen molar-refractivity contribution >= 4 is 11.6 Å². The van der Waals surface area contributed by atoms with Gasteiger partial charge in [0.2, 0.25) is 5.91 Å². The van der Waals surface area contributed by atoms with Crippen LogP contribution in [-0.2, 0) is 9.53 Å². The Kier molecular flexibility index (Phi) is 5.41. The van der Waals surface area contributed by atoms with Gasteiger partial charge in [0.1, 0.15) is 5.75 Å². The molecular weight excluding hydrogens is 304 g/mol. The van der Waals surface area contributed by atoms with Crippen LogP contribution in [0.2, 0.25) is 0 Å². The molecule has 1 aromatic carbocycles. The van der Waals surface area contributed by atoms with Crippen molar-refractivity contribution in [1.29, 1.82) is 0 Å². The van der Waals surface area contributed by atoms with E-state index in [1.165, 1.54) is 19.3 Å². The number of hydrogen-bond donors (Lipinski definition) is 1. The summed E-state index contributed by atoms with van der Waals surface area (Å²) in [5, 5.41) is 3.03. The quantitative estimate of drug-likeness (QED) is 0.901. The third kappa shape index (κ3) is 3.73. The third-order valence-corrected chi connectivity index (χ3v) is 5.26. The molecule has 1 heterocycles. The Morgan fingerprint density at radius 1 is 1.42 bits per heavy atom. The summed E-state index contributed by atoms with van der Waals surface area (Å²) in [4.78, 5) is 15.0. The van der Waals surface area contributed by atoms with Crippen molar-refractivity contribution in [1.82, 2.24) is 4.90 Å². The molecular formula is C19H28N2O3. The zero-order valence-electron chi connectivity index (χ0n) is 14.7. The topological polar surface area (TPSA) is 50.8 Å². The van der Waals surface area contributed by atoms with Gasteiger partial charge in [0.15, 0.2) is 0 Å². The molecule has 5 nitrogen and oxygen atoms in total. The van der Waals surface area contributed by atoms with Gasteiger partial charge in [0.25, 0.3) is 0 Å². The lowest BCUT2D eigenvalue weighted by Crippen LogP contribution is -2.49. The van der Waals surface area contributed by atoms with Crippen LogP contribution in [0, 0.1) is 5.41 Å². The Balaban J connectivity index is 1.66. The van der Waals surface area contributed by atoms with Crippen LogP contribution in [0.4, 0.5) is 5.69 Å². The van der Waals surface area contributed by atoms with Crippen LogP contribution < -0.4 is 10.1 Å². The largest absolute Gasteiger partial charge is 0.492 e. The highest BCUT2D eigenvalue weighted by Gasteiger charge is 2.41. The van der Waals surface area contributed by atoms with Gasteiger partial charge in [0.05, 0.1) is 31.5 Å². The molecule has 0 bridgehead atoms. The molecule has 1 aliphatic carbocycles. The highest BCUT2D eigenvalue weighted by atomic mass is 16.5. The molecule has 24 heavy (non-hydrogen) atoms. The minimum absolute atomic E-state index is 0.0125. The van der Waals surface area contributed by atoms with Gasteiger partial charge in [-0.05, 0) is 38.8 Å². The molecule has 1 amide bonds. The number of carbonyl (C=O) groups excluding carboxylic acids is 1. The van der Waals surface area contributed by atoms with Gasteiger partial charge in [-0.3, -0.25) is 9.69 Å². The predicted molar refractivity (Wildman–Crippen MR) is 94.4 cm³/mol. The smallest absolute Gasteiger partial charge is 0.241 e. The van der Waals surface area contributed by atoms with E-state index >= 15 is 0 Å². The fourth-order valence-electron chi connectivity index (χ4n) is 3.59.